The summed E-state index contributed by atoms with van der Waals surface area (Å²) in [6.45, 7) is 3.38. The summed E-state index contributed by atoms with van der Waals surface area (Å²) < 4.78 is 0. The first-order valence-corrected chi connectivity index (χ1v) is 8.61. The number of aromatic amines is 1. The van der Waals surface area contributed by atoms with Crippen molar-refractivity contribution in [1.82, 2.24) is 15.1 Å². The van der Waals surface area contributed by atoms with Crippen LogP contribution in [0.25, 0.3) is 0 Å². The number of hydrogen-bond donors (Lipinski definition) is 2. The summed E-state index contributed by atoms with van der Waals surface area (Å²) in [4.78, 5) is 26.9. The first-order chi connectivity index (χ1) is 11.1. The number of aromatic nitrogens is 2. The first-order valence-electron chi connectivity index (χ1n) is 7.73. The van der Waals surface area contributed by atoms with Crippen LogP contribution in [0.3, 0.4) is 0 Å². The van der Waals surface area contributed by atoms with E-state index in [2.05, 4.69) is 10.2 Å². The Kier molecular flexibility index (Phi) is 4.47. The Morgan fingerprint density at radius 3 is 3.00 bits per heavy atom. The molecule has 3 rings (SSSR count). The van der Waals surface area contributed by atoms with Crippen LogP contribution in [0.1, 0.15) is 52.7 Å². The van der Waals surface area contributed by atoms with Crippen molar-refractivity contribution in [2.24, 2.45) is 5.73 Å². The van der Waals surface area contributed by atoms with Crippen LogP contribution < -0.4 is 5.73 Å². The molecule has 0 unspecified atom stereocenters. The van der Waals surface area contributed by atoms with Crippen LogP contribution >= 0.6 is 11.3 Å². The van der Waals surface area contributed by atoms with Crippen LogP contribution in [0.15, 0.2) is 23.6 Å². The van der Waals surface area contributed by atoms with Crippen LogP contribution in [-0.4, -0.2) is 40.0 Å². The minimum atomic E-state index is -0.539. The number of H-pyrrole nitrogens is 1. The number of nitrogens with one attached hydrogen (secondary N) is 1. The average molecular weight is 332 g/mol. The zero-order chi connectivity index (χ0) is 16.4. The molecule has 3 N–H and O–H groups in total. The number of primary amides is 1. The number of hydrogen-bond acceptors (Lipinski definition) is 4. The second-order valence-electron chi connectivity index (χ2n) is 5.93. The third kappa shape index (κ3) is 3.29. The number of carbonyl (C=O) groups excluding carboxylic acids is 2. The normalized spacial score (nSPS) is 19.5. The predicted molar refractivity (Wildman–Crippen MR) is 88.4 cm³/mol. The zero-order valence-electron chi connectivity index (χ0n) is 13.0. The quantitative estimate of drug-likeness (QED) is 0.898. The molecular weight excluding hydrogens is 312 g/mol. The predicted octanol–water partition coefficient (Wildman–Crippen LogP) is 2.08. The number of nitrogens with zero attached hydrogens (tertiary/aromatic N) is 2. The highest BCUT2D eigenvalue weighted by Gasteiger charge is 2.29. The molecule has 1 aliphatic heterocycles. The van der Waals surface area contributed by atoms with Gasteiger partial charge in [0.1, 0.15) is 5.69 Å². The van der Waals surface area contributed by atoms with Gasteiger partial charge in [-0.15, -0.1) is 11.3 Å². The Hall–Kier alpha value is -2.15. The Morgan fingerprint density at radius 2 is 2.35 bits per heavy atom. The molecule has 2 amide bonds. The van der Waals surface area contributed by atoms with E-state index in [-0.39, 0.29) is 23.4 Å². The third-order valence-electron chi connectivity index (χ3n) is 4.36. The van der Waals surface area contributed by atoms with E-state index < -0.39 is 5.91 Å². The summed E-state index contributed by atoms with van der Waals surface area (Å²) in [5.41, 5.74) is 6.36. The van der Waals surface area contributed by atoms with E-state index in [0.29, 0.717) is 6.54 Å². The van der Waals surface area contributed by atoms with Gasteiger partial charge in [-0.1, -0.05) is 6.07 Å². The van der Waals surface area contributed by atoms with Crippen molar-refractivity contribution in [3.63, 3.8) is 0 Å². The maximum atomic E-state index is 12.7. The summed E-state index contributed by atoms with van der Waals surface area (Å²) in [6.07, 6.45) is 1.91. The molecule has 0 aliphatic carbocycles. The molecule has 6 nitrogen and oxygen atoms in total. The highest BCUT2D eigenvalue weighted by Crippen LogP contribution is 2.29. The van der Waals surface area contributed by atoms with Crippen LogP contribution in [0, 0.1) is 0 Å². The molecule has 7 heteroatoms. The fraction of sp³-hybridized carbons (Fsp3) is 0.438. The highest BCUT2D eigenvalue weighted by molar-refractivity contribution is 7.10. The second-order valence-corrected chi connectivity index (χ2v) is 6.91. The minimum absolute atomic E-state index is 0.114. The van der Waals surface area contributed by atoms with Crippen molar-refractivity contribution in [3.8, 4) is 0 Å². The van der Waals surface area contributed by atoms with Crippen LogP contribution in [0.2, 0.25) is 0 Å². The van der Waals surface area contributed by atoms with E-state index in [9.17, 15) is 9.59 Å². The van der Waals surface area contributed by atoms with Gasteiger partial charge in [0.25, 0.3) is 5.91 Å². The van der Waals surface area contributed by atoms with Gasteiger partial charge < -0.3 is 10.6 Å². The lowest BCUT2D eigenvalue weighted by Crippen LogP contribution is -2.41. The Balaban J connectivity index is 1.70. The molecule has 0 bridgehead atoms. The van der Waals surface area contributed by atoms with Gasteiger partial charge in [0.05, 0.1) is 5.92 Å². The van der Waals surface area contributed by atoms with Crippen molar-refractivity contribution >= 4 is 23.2 Å². The van der Waals surface area contributed by atoms with Crippen molar-refractivity contribution in [2.75, 3.05) is 13.1 Å². The Bertz CT molecular complexity index is 695. The van der Waals surface area contributed by atoms with Crippen LogP contribution in [-0.2, 0) is 4.79 Å². The largest absolute Gasteiger partial charge is 0.364 e. The summed E-state index contributed by atoms with van der Waals surface area (Å²) >= 11 is 1.61. The number of thiophene rings is 1. The van der Waals surface area contributed by atoms with E-state index in [0.717, 1.165) is 30.0 Å². The molecule has 0 saturated carbocycles. The lowest BCUT2D eigenvalue weighted by Gasteiger charge is -2.33. The van der Waals surface area contributed by atoms with Gasteiger partial charge in [-0.05, 0) is 37.3 Å². The van der Waals surface area contributed by atoms with Gasteiger partial charge in [0.15, 0.2) is 0 Å². The van der Waals surface area contributed by atoms with Gasteiger partial charge in [-0.2, -0.15) is 5.10 Å². The molecule has 0 aromatic carbocycles. The maximum absolute atomic E-state index is 12.7. The average Bonchev–Trinajstić information content (AvgIpc) is 3.25. The van der Waals surface area contributed by atoms with Gasteiger partial charge in [-0.25, -0.2) is 0 Å². The van der Waals surface area contributed by atoms with E-state index in [1.807, 2.05) is 29.3 Å². The molecule has 2 aromatic heterocycles. The summed E-state index contributed by atoms with van der Waals surface area (Å²) in [6, 6.07) is 5.67. The number of amides is 2. The smallest absolute Gasteiger partial charge is 0.269 e. The number of nitrogens with two attached hydrogens (primary N) is 1. The fourth-order valence-corrected chi connectivity index (χ4v) is 3.81. The van der Waals surface area contributed by atoms with Crippen molar-refractivity contribution < 1.29 is 9.59 Å². The van der Waals surface area contributed by atoms with E-state index in [1.165, 1.54) is 0 Å². The van der Waals surface area contributed by atoms with E-state index in [4.69, 9.17) is 5.73 Å². The third-order valence-corrected chi connectivity index (χ3v) is 5.42. The summed E-state index contributed by atoms with van der Waals surface area (Å²) in [7, 11) is 0. The number of rotatable bonds is 4. The number of carbonyl (C=O) groups is 2. The first kappa shape index (κ1) is 15.7. The van der Waals surface area contributed by atoms with Gasteiger partial charge in [0.2, 0.25) is 5.91 Å². The monoisotopic (exact) mass is 332 g/mol. The van der Waals surface area contributed by atoms with Gasteiger partial charge >= 0.3 is 0 Å². The minimum Gasteiger partial charge on any atom is -0.364 e. The maximum Gasteiger partial charge on any atom is 0.269 e. The number of piperidine rings is 1. The SMILES string of the molecule is C[C@@H](C(=O)N1CCC[C@H](c2cc(C(N)=O)n[nH]2)C1)c1cccs1. The molecule has 2 atom stereocenters. The molecule has 1 saturated heterocycles. The molecule has 1 aliphatic rings. The van der Waals surface area contributed by atoms with Crippen LogP contribution in [0.5, 0.6) is 0 Å². The molecule has 0 radical (unpaired) electrons. The standard InChI is InChI=1S/C16H20N4O2S/c1-10(14-5-3-7-23-14)16(22)20-6-2-4-11(9-20)12-8-13(15(17)21)19-18-12/h3,5,7-8,10-11H,2,4,6,9H2,1H3,(H2,17,21)(H,18,19)/t10-,11+/m1/s1. The van der Waals surface area contributed by atoms with E-state index in [1.54, 1.807) is 17.4 Å². The highest BCUT2D eigenvalue weighted by atomic mass is 32.1. The molecule has 122 valence electrons. The van der Waals surface area contributed by atoms with Crippen molar-refractivity contribution in [2.45, 2.75) is 31.6 Å². The molecule has 0 spiro atoms. The second kappa shape index (κ2) is 6.54. The van der Waals surface area contributed by atoms with E-state index >= 15 is 0 Å². The van der Waals surface area contributed by atoms with Crippen molar-refractivity contribution in [1.29, 1.82) is 0 Å². The Morgan fingerprint density at radius 1 is 1.52 bits per heavy atom. The lowest BCUT2D eigenvalue weighted by atomic mass is 9.93. The van der Waals surface area contributed by atoms with Crippen LogP contribution in [0.4, 0.5) is 0 Å². The number of likely N-dealkylation sites (tertiary alicyclic amines) is 1. The van der Waals surface area contributed by atoms with Gasteiger partial charge in [-0.3, -0.25) is 14.7 Å². The fourth-order valence-electron chi connectivity index (χ4n) is 3.04. The Labute approximate surface area is 138 Å². The van der Waals surface area contributed by atoms with Crippen molar-refractivity contribution in [3.05, 3.63) is 39.8 Å². The zero-order valence-corrected chi connectivity index (χ0v) is 13.8. The molecule has 23 heavy (non-hydrogen) atoms. The molecule has 3 heterocycles. The molecule has 1 fully saturated rings. The molecular formula is C16H20N4O2S. The lowest BCUT2D eigenvalue weighted by molar-refractivity contribution is -0.133. The topological polar surface area (TPSA) is 92.1 Å². The van der Waals surface area contributed by atoms with Gasteiger partial charge in [0, 0.05) is 29.6 Å². The summed E-state index contributed by atoms with van der Waals surface area (Å²) in [5, 5.41) is 8.82. The molecule has 2 aromatic rings. The summed E-state index contributed by atoms with van der Waals surface area (Å²) in [5.74, 6) is -0.324.